The lowest BCUT2D eigenvalue weighted by Crippen LogP contribution is -2.09. The van der Waals surface area contributed by atoms with Crippen molar-refractivity contribution in [2.24, 2.45) is 5.92 Å². The molecule has 1 nitrogen and oxygen atoms in total. The zero-order valence-electron chi connectivity index (χ0n) is 8.68. The fraction of sp³-hybridized carbons (Fsp3) is 0.727. The fourth-order valence-corrected chi connectivity index (χ4v) is 1.38. The summed E-state index contributed by atoms with van der Waals surface area (Å²) in [4.78, 5) is 11.2. The molecule has 0 radical (unpaired) electrons. The summed E-state index contributed by atoms with van der Waals surface area (Å²) in [5.41, 5.74) is 1.34. The molecule has 0 aromatic carbocycles. The van der Waals surface area contributed by atoms with Gasteiger partial charge >= 0.3 is 0 Å². The molecule has 0 N–H and O–H groups in total. The van der Waals surface area contributed by atoms with E-state index in [9.17, 15) is 4.79 Å². The van der Waals surface area contributed by atoms with E-state index in [0.29, 0.717) is 12.2 Å². The van der Waals surface area contributed by atoms with E-state index in [4.69, 9.17) is 0 Å². The summed E-state index contributed by atoms with van der Waals surface area (Å²) in [5, 5.41) is 0. The van der Waals surface area contributed by atoms with Gasteiger partial charge in [0.2, 0.25) is 0 Å². The van der Waals surface area contributed by atoms with E-state index in [1.807, 2.05) is 13.8 Å². The number of rotatable bonds is 5. The van der Waals surface area contributed by atoms with Gasteiger partial charge in [-0.25, -0.2) is 0 Å². The number of ketones is 1. The molecule has 0 bridgehead atoms. The second-order valence-electron chi connectivity index (χ2n) is 3.38. The van der Waals surface area contributed by atoms with Crippen molar-refractivity contribution in [1.82, 2.24) is 0 Å². The Bertz CT molecular complexity index is 168. The first kappa shape index (κ1) is 11.4. The Balaban J connectivity index is 3.91. The van der Waals surface area contributed by atoms with Crippen molar-refractivity contribution in [3.63, 3.8) is 0 Å². The second-order valence-corrected chi connectivity index (χ2v) is 3.38. The van der Waals surface area contributed by atoms with Crippen LogP contribution in [0.3, 0.4) is 0 Å². The van der Waals surface area contributed by atoms with Crippen molar-refractivity contribution in [3.8, 4) is 0 Å². The van der Waals surface area contributed by atoms with Gasteiger partial charge in [-0.2, -0.15) is 0 Å². The molecule has 0 heterocycles. The summed E-state index contributed by atoms with van der Waals surface area (Å²) in [5.74, 6) is 0.580. The first-order chi connectivity index (χ1) is 5.61. The smallest absolute Gasteiger partial charge is 0.135 e. The van der Waals surface area contributed by atoms with Crippen LogP contribution in [0.1, 0.15) is 47.0 Å². The van der Waals surface area contributed by atoms with Crippen LogP contribution >= 0.6 is 0 Å². The van der Waals surface area contributed by atoms with E-state index < -0.39 is 0 Å². The molecular formula is C11H20O. The minimum Gasteiger partial charge on any atom is -0.299 e. The van der Waals surface area contributed by atoms with Gasteiger partial charge in [0.1, 0.15) is 5.78 Å². The van der Waals surface area contributed by atoms with Crippen molar-refractivity contribution in [2.45, 2.75) is 47.0 Å². The maximum Gasteiger partial charge on any atom is 0.135 e. The fourth-order valence-electron chi connectivity index (χ4n) is 1.38. The van der Waals surface area contributed by atoms with Gasteiger partial charge in [0.05, 0.1) is 0 Å². The van der Waals surface area contributed by atoms with Crippen molar-refractivity contribution in [3.05, 3.63) is 11.6 Å². The van der Waals surface area contributed by atoms with Crippen LogP contribution in [0.2, 0.25) is 0 Å². The SMILES string of the molecule is CCC=C(C)CC(C)C(=O)CC. The van der Waals surface area contributed by atoms with Gasteiger partial charge in [-0.15, -0.1) is 0 Å². The first-order valence-corrected chi connectivity index (χ1v) is 4.80. The van der Waals surface area contributed by atoms with Gasteiger partial charge in [-0.3, -0.25) is 4.79 Å². The van der Waals surface area contributed by atoms with E-state index in [1.54, 1.807) is 0 Å². The summed E-state index contributed by atoms with van der Waals surface area (Å²) in [6, 6.07) is 0. The van der Waals surface area contributed by atoms with E-state index >= 15 is 0 Å². The molecule has 0 aromatic rings. The molecule has 0 amide bonds. The molecule has 0 saturated carbocycles. The standard InChI is InChI=1S/C11H20O/c1-5-7-9(3)8-10(4)11(12)6-2/h7,10H,5-6,8H2,1-4H3. The van der Waals surface area contributed by atoms with Gasteiger partial charge < -0.3 is 0 Å². The number of allylic oxidation sites excluding steroid dienone is 2. The Morgan fingerprint density at radius 1 is 1.42 bits per heavy atom. The number of carbonyl (C=O) groups excluding carboxylic acids is 1. The molecule has 1 heteroatoms. The highest BCUT2D eigenvalue weighted by Gasteiger charge is 2.10. The molecule has 0 rings (SSSR count). The van der Waals surface area contributed by atoms with Crippen LogP contribution in [-0.2, 0) is 4.79 Å². The normalized spacial score (nSPS) is 14.5. The Morgan fingerprint density at radius 2 is 2.00 bits per heavy atom. The van der Waals surface area contributed by atoms with Crippen molar-refractivity contribution >= 4 is 5.78 Å². The molecule has 0 spiro atoms. The highest BCUT2D eigenvalue weighted by Crippen LogP contribution is 2.13. The van der Waals surface area contributed by atoms with Crippen molar-refractivity contribution in [1.29, 1.82) is 0 Å². The lowest BCUT2D eigenvalue weighted by Gasteiger charge is -2.08. The van der Waals surface area contributed by atoms with Crippen LogP contribution in [0.25, 0.3) is 0 Å². The summed E-state index contributed by atoms with van der Waals surface area (Å²) in [6.45, 7) is 8.16. The van der Waals surface area contributed by atoms with Crippen LogP contribution < -0.4 is 0 Å². The molecule has 0 aliphatic rings. The van der Waals surface area contributed by atoms with Gasteiger partial charge in [0, 0.05) is 12.3 Å². The molecule has 12 heavy (non-hydrogen) atoms. The van der Waals surface area contributed by atoms with Crippen LogP contribution in [0.15, 0.2) is 11.6 Å². The van der Waals surface area contributed by atoms with Crippen LogP contribution in [0, 0.1) is 5.92 Å². The lowest BCUT2D eigenvalue weighted by atomic mass is 9.96. The van der Waals surface area contributed by atoms with Gasteiger partial charge in [-0.05, 0) is 19.8 Å². The number of Topliss-reactive ketones (excluding diaryl/α,β-unsaturated/α-hetero) is 1. The van der Waals surface area contributed by atoms with E-state index in [0.717, 1.165) is 12.8 Å². The third-order valence-electron chi connectivity index (χ3n) is 2.08. The van der Waals surface area contributed by atoms with Crippen molar-refractivity contribution < 1.29 is 4.79 Å². The average molecular weight is 168 g/mol. The molecule has 1 atom stereocenters. The molecule has 70 valence electrons. The lowest BCUT2D eigenvalue weighted by molar-refractivity contribution is -0.122. The van der Waals surface area contributed by atoms with Crippen LogP contribution in [0.4, 0.5) is 0 Å². The molecule has 0 fully saturated rings. The monoisotopic (exact) mass is 168 g/mol. The first-order valence-electron chi connectivity index (χ1n) is 4.80. The van der Waals surface area contributed by atoms with Crippen molar-refractivity contribution in [2.75, 3.05) is 0 Å². The molecule has 0 saturated heterocycles. The highest BCUT2D eigenvalue weighted by atomic mass is 16.1. The third-order valence-corrected chi connectivity index (χ3v) is 2.08. The van der Waals surface area contributed by atoms with Gasteiger partial charge in [0.25, 0.3) is 0 Å². The zero-order valence-corrected chi connectivity index (χ0v) is 8.68. The largest absolute Gasteiger partial charge is 0.299 e. The topological polar surface area (TPSA) is 17.1 Å². The molecule has 0 aliphatic carbocycles. The van der Waals surface area contributed by atoms with E-state index in [1.165, 1.54) is 5.57 Å². The highest BCUT2D eigenvalue weighted by molar-refractivity contribution is 5.80. The maximum absolute atomic E-state index is 11.2. The van der Waals surface area contributed by atoms with Gasteiger partial charge in [0.15, 0.2) is 0 Å². The minimum atomic E-state index is 0.206. The molecule has 0 aliphatic heterocycles. The maximum atomic E-state index is 11.2. The minimum absolute atomic E-state index is 0.206. The van der Waals surface area contributed by atoms with Crippen LogP contribution in [-0.4, -0.2) is 5.78 Å². The Labute approximate surface area is 75.9 Å². The third kappa shape index (κ3) is 4.32. The molecule has 0 aromatic heterocycles. The summed E-state index contributed by atoms with van der Waals surface area (Å²) in [7, 11) is 0. The quantitative estimate of drug-likeness (QED) is 0.575. The predicted molar refractivity (Wildman–Crippen MR) is 53.1 cm³/mol. The summed E-state index contributed by atoms with van der Waals surface area (Å²) in [6.07, 6.45) is 4.86. The average Bonchev–Trinajstić information content (AvgIpc) is 2.03. The Kier molecular flexibility index (Phi) is 5.69. The predicted octanol–water partition coefficient (Wildman–Crippen LogP) is 3.35. The number of carbonyl (C=O) groups is 1. The number of hydrogen-bond donors (Lipinski definition) is 0. The summed E-state index contributed by atoms with van der Waals surface area (Å²) < 4.78 is 0. The van der Waals surface area contributed by atoms with E-state index in [-0.39, 0.29) is 5.92 Å². The Hall–Kier alpha value is -0.590. The zero-order chi connectivity index (χ0) is 9.56. The Morgan fingerprint density at radius 3 is 2.42 bits per heavy atom. The molecular weight excluding hydrogens is 148 g/mol. The van der Waals surface area contributed by atoms with Gasteiger partial charge in [-0.1, -0.05) is 32.4 Å². The molecule has 1 unspecified atom stereocenters. The second kappa shape index (κ2) is 5.99. The van der Waals surface area contributed by atoms with Crippen LogP contribution in [0.5, 0.6) is 0 Å². The summed E-state index contributed by atoms with van der Waals surface area (Å²) >= 11 is 0. The van der Waals surface area contributed by atoms with E-state index in [2.05, 4.69) is 19.9 Å². The number of hydrogen-bond acceptors (Lipinski definition) is 1.